The van der Waals surface area contributed by atoms with Crippen LogP contribution in [0.3, 0.4) is 0 Å². The van der Waals surface area contributed by atoms with E-state index in [0.717, 1.165) is 29.7 Å². The predicted octanol–water partition coefficient (Wildman–Crippen LogP) is 4.49. The highest BCUT2D eigenvalue weighted by atomic mass is 32.2. The van der Waals surface area contributed by atoms with Crippen molar-refractivity contribution in [3.05, 3.63) is 83.2 Å². The maximum absolute atomic E-state index is 14.5. The number of hydrogen-bond donors (Lipinski definition) is 0. The Kier molecular flexibility index (Phi) is 5.54. The second kappa shape index (κ2) is 8.49. The molecule has 4 aromatic rings. The number of nitrogens with zero attached hydrogens (tertiary/aromatic N) is 6. The molecule has 38 heavy (non-hydrogen) atoms. The van der Waals surface area contributed by atoms with Gasteiger partial charge in [0.1, 0.15) is 18.0 Å². The Labute approximate surface area is 220 Å². The van der Waals surface area contributed by atoms with Crippen LogP contribution in [0.15, 0.2) is 48.9 Å². The molecule has 1 fully saturated rings. The van der Waals surface area contributed by atoms with E-state index in [4.69, 9.17) is 0 Å². The van der Waals surface area contributed by atoms with Gasteiger partial charge in [0.05, 0.1) is 17.0 Å². The number of rotatable bonds is 6. The first-order valence-corrected chi connectivity index (χ1v) is 14.8. The molecule has 2 aliphatic carbocycles. The van der Waals surface area contributed by atoms with Crippen LogP contribution >= 0.6 is 0 Å². The molecule has 3 atom stereocenters. The average Bonchev–Trinajstić information content (AvgIpc) is 3.50. The van der Waals surface area contributed by atoms with Crippen molar-refractivity contribution in [1.29, 1.82) is 0 Å². The molecule has 0 aliphatic heterocycles. The van der Waals surface area contributed by atoms with E-state index in [9.17, 15) is 13.0 Å². The van der Waals surface area contributed by atoms with Crippen LogP contribution in [0.25, 0.3) is 17.1 Å². The van der Waals surface area contributed by atoms with E-state index in [1.54, 1.807) is 23.5 Å². The van der Waals surface area contributed by atoms with Crippen LogP contribution in [0.1, 0.15) is 55.3 Å². The van der Waals surface area contributed by atoms with Crippen molar-refractivity contribution >= 4 is 15.4 Å². The molecule has 1 aromatic carbocycles. The highest BCUT2D eigenvalue weighted by molar-refractivity contribution is 7.99. The van der Waals surface area contributed by atoms with E-state index >= 15 is 0 Å². The first kappa shape index (κ1) is 24.8. The molecule has 1 unspecified atom stereocenters. The fourth-order valence-electron chi connectivity index (χ4n) is 6.47. The summed E-state index contributed by atoms with van der Waals surface area (Å²) >= 11 is 0. The minimum absolute atomic E-state index is 0.150. The molecule has 6 rings (SSSR count). The molecule has 2 bridgehead atoms. The molecule has 0 N–H and O–H groups in total. The van der Waals surface area contributed by atoms with Gasteiger partial charge in [-0.25, -0.2) is 23.4 Å². The molecule has 0 amide bonds. The summed E-state index contributed by atoms with van der Waals surface area (Å²) in [4.78, 5) is 8.89. The predicted molar refractivity (Wildman–Crippen MR) is 143 cm³/mol. The lowest BCUT2D eigenvalue weighted by Gasteiger charge is -2.38. The molecule has 0 spiro atoms. The van der Waals surface area contributed by atoms with Gasteiger partial charge in [0, 0.05) is 30.0 Å². The van der Waals surface area contributed by atoms with Crippen molar-refractivity contribution < 1.29 is 13.0 Å². The molecule has 3 heterocycles. The van der Waals surface area contributed by atoms with Gasteiger partial charge < -0.3 is 0 Å². The quantitative estimate of drug-likeness (QED) is 0.339. The maximum Gasteiger partial charge on any atom is 0.155 e. The number of pyridine rings is 1. The second-order valence-electron chi connectivity index (χ2n) is 11.0. The average molecular weight is 535 g/mol. The zero-order chi connectivity index (χ0) is 26.9. The standard InChI is InChI=1S/C28H28F2N6OS/c1-27(2)19-8-11-28(27,26-18(19)15-22(33-34-26)25-20(29)6-5-7-21(25)30)17-9-12-31-24(14-17)36-16-32-23(35-36)10-13-38(3,4)37/h5-7,9,12,14-16,19H,3,8,10-11,13H2,1-2,4H3/t19-,28-,38?/m0/s1. The fraction of sp³-hybridized carbons (Fsp3) is 0.357. The van der Waals surface area contributed by atoms with Crippen LogP contribution in [0.4, 0.5) is 8.78 Å². The minimum atomic E-state index is -2.13. The van der Waals surface area contributed by atoms with Crippen molar-refractivity contribution in [3.63, 3.8) is 0 Å². The van der Waals surface area contributed by atoms with Crippen LogP contribution in [0, 0.1) is 17.0 Å². The Hall–Kier alpha value is -3.53. The Morgan fingerprint density at radius 1 is 1.13 bits per heavy atom. The van der Waals surface area contributed by atoms with Gasteiger partial charge in [0.2, 0.25) is 0 Å². The van der Waals surface area contributed by atoms with Gasteiger partial charge in [-0.3, -0.25) is 4.21 Å². The van der Waals surface area contributed by atoms with E-state index < -0.39 is 26.6 Å². The zero-order valence-corrected chi connectivity index (χ0v) is 22.3. The molecular formula is C28H28F2N6OS. The second-order valence-corrected chi connectivity index (χ2v) is 13.8. The molecule has 0 radical (unpaired) electrons. The van der Waals surface area contributed by atoms with E-state index in [-0.39, 0.29) is 22.6 Å². The van der Waals surface area contributed by atoms with Crippen molar-refractivity contribution in [2.75, 3.05) is 12.0 Å². The fourth-order valence-corrected chi connectivity index (χ4v) is 7.08. The molecule has 3 aromatic heterocycles. The number of halogens is 2. The van der Waals surface area contributed by atoms with Gasteiger partial charge in [-0.1, -0.05) is 19.9 Å². The number of hydrogen-bond acceptors (Lipinski definition) is 6. The third kappa shape index (κ3) is 3.68. The minimum Gasteiger partial charge on any atom is -0.268 e. The highest BCUT2D eigenvalue weighted by Crippen LogP contribution is 2.69. The molecule has 10 heteroatoms. The lowest BCUT2D eigenvalue weighted by Crippen LogP contribution is -2.37. The van der Waals surface area contributed by atoms with Gasteiger partial charge in [0.15, 0.2) is 11.6 Å². The number of aryl methyl sites for hydroxylation is 1. The Morgan fingerprint density at radius 2 is 1.89 bits per heavy atom. The SMILES string of the molecule is C=S(C)(=O)CCc1ncn(-c2cc([C@@]34CC[C@@H](c5cc(-c6c(F)cccc6F)nnc53)C4(C)C)ccn2)n1. The van der Waals surface area contributed by atoms with Gasteiger partial charge in [0.25, 0.3) is 0 Å². The summed E-state index contributed by atoms with van der Waals surface area (Å²) in [5.74, 6) is 4.17. The van der Waals surface area contributed by atoms with Crippen molar-refractivity contribution in [2.45, 2.75) is 44.4 Å². The van der Waals surface area contributed by atoms with Gasteiger partial charge in [-0.2, -0.15) is 5.10 Å². The molecular weight excluding hydrogens is 506 g/mol. The summed E-state index contributed by atoms with van der Waals surface area (Å²) in [6, 6.07) is 9.64. The summed E-state index contributed by atoms with van der Waals surface area (Å²) in [6.45, 7) is 4.45. The first-order chi connectivity index (χ1) is 18.0. The normalized spacial score (nSPS) is 22.8. The van der Waals surface area contributed by atoms with Crippen molar-refractivity contribution in [1.82, 2.24) is 29.9 Å². The van der Waals surface area contributed by atoms with Crippen LogP contribution in [0.5, 0.6) is 0 Å². The molecule has 7 nitrogen and oxygen atoms in total. The smallest absolute Gasteiger partial charge is 0.155 e. The Bertz CT molecular complexity index is 1660. The van der Waals surface area contributed by atoms with Crippen molar-refractivity contribution in [2.24, 2.45) is 5.41 Å². The maximum atomic E-state index is 14.5. The summed E-state index contributed by atoms with van der Waals surface area (Å²) < 4.78 is 42.7. The Morgan fingerprint density at radius 3 is 2.63 bits per heavy atom. The third-order valence-electron chi connectivity index (χ3n) is 8.37. The third-order valence-corrected chi connectivity index (χ3v) is 9.44. The molecule has 0 saturated heterocycles. The van der Waals surface area contributed by atoms with Crippen LogP contribution in [-0.2, 0) is 21.4 Å². The van der Waals surface area contributed by atoms with Crippen LogP contribution in [0.2, 0.25) is 0 Å². The van der Waals surface area contributed by atoms with E-state index in [1.165, 1.54) is 18.2 Å². The summed E-state index contributed by atoms with van der Waals surface area (Å²) in [6.07, 6.45) is 7.27. The summed E-state index contributed by atoms with van der Waals surface area (Å²) in [5, 5.41) is 13.5. The van der Waals surface area contributed by atoms with Crippen LogP contribution in [-0.4, -0.2) is 52.0 Å². The molecule has 2 aliphatic rings. The lowest BCUT2D eigenvalue weighted by atomic mass is 9.64. The van der Waals surface area contributed by atoms with Crippen LogP contribution < -0.4 is 0 Å². The van der Waals surface area contributed by atoms with Gasteiger partial charge in [-0.15, -0.1) is 10.2 Å². The molecule has 196 valence electrons. The van der Waals surface area contributed by atoms with E-state index in [2.05, 4.69) is 45.0 Å². The van der Waals surface area contributed by atoms with Crippen molar-refractivity contribution in [3.8, 4) is 17.1 Å². The van der Waals surface area contributed by atoms with Gasteiger partial charge in [-0.05, 0) is 81.0 Å². The summed E-state index contributed by atoms with van der Waals surface area (Å²) in [5.41, 5.74) is 2.30. The summed E-state index contributed by atoms with van der Waals surface area (Å²) in [7, 11) is -2.13. The van der Waals surface area contributed by atoms with E-state index in [1.807, 2.05) is 18.2 Å². The first-order valence-electron chi connectivity index (χ1n) is 12.5. The monoisotopic (exact) mass is 534 g/mol. The van der Waals surface area contributed by atoms with Gasteiger partial charge >= 0.3 is 0 Å². The largest absolute Gasteiger partial charge is 0.268 e. The molecule has 1 saturated carbocycles. The topological polar surface area (TPSA) is 86.5 Å². The number of benzene rings is 1. The lowest BCUT2D eigenvalue weighted by molar-refractivity contribution is 0.248. The number of aromatic nitrogens is 6. The Balaban J connectivity index is 1.41. The zero-order valence-electron chi connectivity index (χ0n) is 21.5. The van der Waals surface area contributed by atoms with E-state index in [0.29, 0.717) is 23.8 Å². The highest BCUT2D eigenvalue weighted by Gasteiger charge is 2.64. The number of fused-ring (bicyclic) bond motifs is 5.